The summed E-state index contributed by atoms with van der Waals surface area (Å²) in [6.45, 7) is 4.40. The van der Waals surface area contributed by atoms with Crippen molar-refractivity contribution >= 4 is 46.3 Å². The van der Waals surface area contributed by atoms with E-state index >= 15 is 0 Å². The first-order chi connectivity index (χ1) is 16.0. The molecule has 0 spiro atoms. The van der Waals surface area contributed by atoms with E-state index in [0.717, 1.165) is 22.5 Å². The normalized spacial score (nSPS) is 18.6. The number of fused-ring (bicyclic) bond motifs is 1. The van der Waals surface area contributed by atoms with Crippen LogP contribution in [0.1, 0.15) is 25.3 Å². The zero-order valence-electron chi connectivity index (χ0n) is 18.5. The van der Waals surface area contributed by atoms with Crippen LogP contribution in [-0.4, -0.2) is 57.5 Å². The molecule has 3 aromatic rings. The van der Waals surface area contributed by atoms with Gasteiger partial charge in [-0.3, -0.25) is 0 Å². The predicted molar refractivity (Wildman–Crippen MR) is 132 cm³/mol. The first-order valence-electron chi connectivity index (χ1n) is 11.2. The Balaban J connectivity index is 1.53. The number of imidazole rings is 1. The topological polar surface area (TPSA) is 79.6 Å². The van der Waals surface area contributed by atoms with Crippen molar-refractivity contribution in [3.8, 4) is 0 Å². The molecule has 1 amide bonds. The molecule has 1 aromatic heterocycles. The highest BCUT2D eigenvalue weighted by atomic mass is 35.5. The van der Waals surface area contributed by atoms with E-state index in [1.54, 1.807) is 6.07 Å². The summed E-state index contributed by atoms with van der Waals surface area (Å²) in [6.07, 6.45) is 1.05. The number of aromatic nitrogens is 2. The maximum absolute atomic E-state index is 11.9. The molecule has 0 radical (unpaired) electrons. The Kier molecular flexibility index (Phi) is 7.63. The number of hydrogen-bond acceptors (Lipinski definition) is 4. The van der Waals surface area contributed by atoms with Gasteiger partial charge in [-0.15, -0.1) is 0 Å². The van der Waals surface area contributed by atoms with Crippen LogP contribution in [0, 0.1) is 0 Å². The lowest BCUT2D eigenvalue weighted by Gasteiger charge is -2.38. The van der Waals surface area contributed by atoms with Gasteiger partial charge >= 0.3 is 6.09 Å². The molecule has 0 bridgehead atoms. The van der Waals surface area contributed by atoms with Gasteiger partial charge in [0.1, 0.15) is 0 Å². The SMILES string of the molecule is CCOCCn1c(N[C@H]2CCN(C(=O)O)[C@H](Cc3ccc(Cl)c(Cl)c3)C2)nc2ccccc21. The van der Waals surface area contributed by atoms with Crippen LogP contribution >= 0.6 is 23.2 Å². The van der Waals surface area contributed by atoms with Crippen molar-refractivity contribution in [1.29, 1.82) is 0 Å². The Morgan fingerprint density at radius 3 is 2.82 bits per heavy atom. The highest BCUT2D eigenvalue weighted by Crippen LogP contribution is 2.28. The molecule has 0 aliphatic carbocycles. The minimum atomic E-state index is -0.900. The van der Waals surface area contributed by atoms with Crippen molar-refractivity contribution in [2.75, 3.05) is 25.1 Å². The molecule has 2 N–H and O–H groups in total. The average Bonchev–Trinajstić information content (AvgIpc) is 3.13. The van der Waals surface area contributed by atoms with Crippen LogP contribution in [0.3, 0.4) is 0 Å². The third-order valence-corrected chi connectivity index (χ3v) is 6.81. The molecular formula is C24H28Cl2N4O3. The van der Waals surface area contributed by atoms with E-state index in [2.05, 4.69) is 16.0 Å². The molecule has 2 aromatic carbocycles. The molecule has 9 heteroatoms. The molecule has 2 atom stereocenters. The Morgan fingerprint density at radius 2 is 2.06 bits per heavy atom. The van der Waals surface area contributed by atoms with Gasteiger partial charge in [0, 0.05) is 31.8 Å². The molecule has 1 saturated heterocycles. The van der Waals surface area contributed by atoms with Gasteiger partial charge in [-0.2, -0.15) is 0 Å². The summed E-state index contributed by atoms with van der Waals surface area (Å²) in [7, 11) is 0. The summed E-state index contributed by atoms with van der Waals surface area (Å²) in [5.41, 5.74) is 2.94. The van der Waals surface area contributed by atoms with Gasteiger partial charge in [0.2, 0.25) is 5.95 Å². The van der Waals surface area contributed by atoms with Crippen LogP contribution in [0.5, 0.6) is 0 Å². The van der Waals surface area contributed by atoms with Gasteiger partial charge in [0.25, 0.3) is 0 Å². The third-order valence-electron chi connectivity index (χ3n) is 6.07. The summed E-state index contributed by atoms with van der Waals surface area (Å²) in [4.78, 5) is 18.2. The quantitative estimate of drug-likeness (QED) is 0.404. The first kappa shape index (κ1) is 23.7. The summed E-state index contributed by atoms with van der Waals surface area (Å²) >= 11 is 12.2. The van der Waals surface area contributed by atoms with Crippen LogP contribution < -0.4 is 5.32 Å². The molecule has 2 heterocycles. The van der Waals surface area contributed by atoms with E-state index in [1.165, 1.54) is 4.90 Å². The average molecular weight is 491 g/mol. The zero-order chi connectivity index (χ0) is 23.4. The maximum atomic E-state index is 11.9. The fourth-order valence-electron chi connectivity index (χ4n) is 4.46. The van der Waals surface area contributed by atoms with Crippen molar-refractivity contribution in [2.45, 2.75) is 44.8 Å². The zero-order valence-corrected chi connectivity index (χ0v) is 20.0. The van der Waals surface area contributed by atoms with Gasteiger partial charge in [-0.05, 0) is 56.0 Å². The Bertz CT molecular complexity index is 1120. The minimum Gasteiger partial charge on any atom is -0.465 e. The number of carbonyl (C=O) groups is 1. The molecule has 4 rings (SSSR count). The number of hydrogen-bond donors (Lipinski definition) is 2. The van der Waals surface area contributed by atoms with Gasteiger partial charge in [-0.25, -0.2) is 9.78 Å². The number of nitrogens with zero attached hydrogens (tertiary/aromatic N) is 3. The van der Waals surface area contributed by atoms with E-state index in [0.29, 0.717) is 55.6 Å². The number of rotatable bonds is 8. The second kappa shape index (κ2) is 10.6. The van der Waals surface area contributed by atoms with Crippen molar-refractivity contribution < 1.29 is 14.6 Å². The van der Waals surface area contributed by atoms with E-state index in [4.69, 9.17) is 32.9 Å². The second-order valence-corrected chi connectivity index (χ2v) is 9.04. The predicted octanol–water partition coefficient (Wildman–Crippen LogP) is 5.55. The number of halogens is 2. The van der Waals surface area contributed by atoms with Crippen LogP contribution in [-0.2, 0) is 17.7 Å². The van der Waals surface area contributed by atoms with Crippen molar-refractivity contribution in [3.05, 3.63) is 58.1 Å². The number of likely N-dealkylation sites (tertiary alicyclic amines) is 1. The van der Waals surface area contributed by atoms with Crippen LogP contribution in [0.15, 0.2) is 42.5 Å². The van der Waals surface area contributed by atoms with Crippen LogP contribution in [0.2, 0.25) is 10.0 Å². The fraction of sp³-hybridized carbons (Fsp3) is 0.417. The molecular weight excluding hydrogens is 463 g/mol. The lowest BCUT2D eigenvalue weighted by molar-refractivity contribution is 0.103. The monoisotopic (exact) mass is 490 g/mol. The summed E-state index contributed by atoms with van der Waals surface area (Å²) in [5.74, 6) is 0.790. The summed E-state index contributed by atoms with van der Waals surface area (Å²) in [5, 5.41) is 14.3. The molecule has 33 heavy (non-hydrogen) atoms. The van der Waals surface area contributed by atoms with Gasteiger partial charge in [0.15, 0.2) is 0 Å². The van der Waals surface area contributed by atoms with Gasteiger partial charge < -0.3 is 24.6 Å². The number of para-hydroxylation sites is 2. The molecule has 176 valence electrons. The molecule has 1 fully saturated rings. The highest BCUT2D eigenvalue weighted by molar-refractivity contribution is 6.42. The highest BCUT2D eigenvalue weighted by Gasteiger charge is 2.32. The van der Waals surface area contributed by atoms with E-state index in [-0.39, 0.29) is 12.1 Å². The number of amides is 1. The number of anilines is 1. The van der Waals surface area contributed by atoms with Crippen LogP contribution in [0.25, 0.3) is 11.0 Å². The Labute approximate surface area is 203 Å². The summed E-state index contributed by atoms with van der Waals surface area (Å²) < 4.78 is 7.72. The van der Waals surface area contributed by atoms with Gasteiger partial charge in [-0.1, -0.05) is 41.4 Å². The Hall–Kier alpha value is -2.48. The molecule has 1 aliphatic heterocycles. The van der Waals surface area contributed by atoms with E-state index in [9.17, 15) is 9.90 Å². The lowest BCUT2D eigenvalue weighted by Crippen LogP contribution is -2.49. The van der Waals surface area contributed by atoms with Crippen molar-refractivity contribution in [2.24, 2.45) is 0 Å². The molecule has 0 saturated carbocycles. The number of carboxylic acid groups (broad SMARTS) is 1. The third kappa shape index (κ3) is 5.54. The smallest absolute Gasteiger partial charge is 0.407 e. The fourth-order valence-corrected chi connectivity index (χ4v) is 4.78. The number of benzene rings is 2. The minimum absolute atomic E-state index is 0.0935. The summed E-state index contributed by atoms with van der Waals surface area (Å²) in [6, 6.07) is 13.4. The molecule has 1 aliphatic rings. The lowest BCUT2D eigenvalue weighted by atomic mass is 9.92. The standard InChI is InChI=1S/C24H28Cl2N4O3/c1-2-33-12-11-30-22-6-4-3-5-21(22)28-23(30)27-17-9-10-29(24(31)32)18(15-17)13-16-7-8-19(25)20(26)14-16/h3-8,14,17-18H,2,9-13,15H2,1H3,(H,27,28)(H,31,32)/t17-,18+/m0/s1. The number of piperidine rings is 1. The first-order valence-corrected chi connectivity index (χ1v) is 11.9. The second-order valence-electron chi connectivity index (χ2n) is 8.22. The molecule has 0 unspecified atom stereocenters. The van der Waals surface area contributed by atoms with Crippen molar-refractivity contribution in [3.63, 3.8) is 0 Å². The van der Waals surface area contributed by atoms with Crippen molar-refractivity contribution in [1.82, 2.24) is 14.5 Å². The number of nitrogens with one attached hydrogen (secondary N) is 1. The van der Waals surface area contributed by atoms with Crippen LogP contribution in [0.4, 0.5) is 10.7 Å². The van der Waals surface area contributed by atoms with E-state index < -0.39 is 6.09 Å². The van der Waals surface area contributed by atoms with E-state index in [1.807, 2.05) is 37.3 Å². The Morgan fingerprint density at radius 1 is 1.24 bits per heavy atom. The maximum Gasteiger partial charge on any atom is 0.407 e. The van der Waals surface area contributed by atoms with Gasteiger partial charge in [0.05, 0.1) is 27.7 Å². The number of ether oxygens (including phenoxy) is 1. The largest absolute Gasteiger partial charge is 0.465 e. The molecule has 7 nitrogen and oxygen atoms in total.